The zero-order chi connectivity index (χ0) is 13.0. The van der Waals surface area contributed by atoms with Gasteiger partial charge in [-0.2, -0.15) is 0 Å². The first kappa shape index (κ1) is 14.5. The van der Waals surface area contributed by atoms with E-state index in [1.807, 2.05) is 18.7 Å². The predicted octanol–water partition coefficient (Wildman–Crippen LogP) is 2.29. The van der Waals surface area contributed by atoms with E-state index in [2.05, 4.69) is 13.8 Å². The summed E-state index contributed by atoms with van der Waals surface area (Å²) >= 11 is 0. The van der Waals surface area contributed by atoms with E-state index in [1.165, 1.54) is 0 Å². The SMILES string of the molecule is CC(C)C(O)CN1CCC(C(C)C)CCC1=O. The van der Waals surface area contributed by atoms with E-state index < -0.39 is 6.10 Å². The molecule has 1 rings (SSSR count). The first-order valence-corrected chi connectivity index (χ1v) is 6.87. The second-order valence-electron chi connectivity index (χ2n) is 5.98. The van der Waals surface area contributed by atoms with Gasteiger partial charge in [0.1, 0.15) is 0 Å². The number of hydrogen-bond acceptors (Lipinski definition) is 2. The maximum absolute atomic E-state index is 12.0. The van der Waals surface area contributed by atoms with Gasteiger partial charge >= 0.3 is 0 Å². The van der Waals surface area contributed by atoms with Crippen LogP contribution in [0.1, 0.15) is 47.0 Å². The van der Waals surface area contributed by atoms with Crippen LogP contribution in [0, 0.1) is 17.8 Å². The fourth-order valence-corrected chi connectivity index (χ4v) is 2.35. The second kappa shape index (κ2) is 6.39. The van der Waals surface area contributed by atoms with Gasteiger partial charge in [-0.3, -0.25) is 4.79 Å². The van der Waals surface area contributed by atoms with Gasteiger partial charge < -0.3 is 10.0 Å². The molecule has 0 saturated carbocycles. The number of carbonyl (C=O) groups excluding carboxylic acids is 1. The highest BCUT2D eigenvalue weighted by molar-refractivity contribution is 5.76. The molecule has 2 atom stereocenters. The highest BCUT2D eigenvalue weighted by atomic mass is 16.3. The van der Waals surface area contributed by atoms with Gasteiger partial charge in [0.05, 0.1) is 6.10 Å². The molecule has 0 radical (unpaired) electrons. The molecule has 0 spiro atoms. The van der Waals surface area contributed by atoms with E-state index in [4.69, 9.17) is 0 Å². The Bertz CT molecular complexity index is 251. The molecule has 1 aliphatic rings. The van der Waals surface area contributed by atoms with Crippen molar-refractivity contribution in [2.45, 2.75) is 53.1 Å². The van der Waals surface area contributed by atoms with E-state index in [1.54, 1.807) is 0 Å². The molecule has 1 heterocycles. The highest BCUT2D eigenvalue weighted by Gasteiger charge is 2.26. The first-order valence-electron chi connectivity index (χ1n) is 6.87. The van der Waals surface area contributed by atoms with Crippen molar-refractivity contribution in [1.29, 1.82) is 0 Å². The quantitative estimate of drug-likeness (QED) is 0.820. The molecular formula is C14H27NO2. The highest BCUT2D eigenvalue weighted by Crippen LogP contribution is 2.25. The third-order valence-electron chi connectivity index (χ3n) is 3.97. The first-order chi connectivity index (χ1) is 7.91. The molecule has 2 unspecified atom stereocenters. The minimum Gasteiger partial charge on any atom is -0.391 e. The fraction of sp³-hybridized carbons (Fsp3) is 0.929. The van der Waals surface area contributed by atoms with Gasteiger partial charge in [0, 0.05) is 19.5 Å². The number of hydrogen-bond donors (Lipinski definition) is 1. The Morgan fingerprint density at radius 3 is 2.47 bits per heavy atom. The molecule has 1 fully saturated rings. The van der Waals surface area contributed by atoms with Crippen LogP contribution in [0.5, 0.6) is 0 Å². The summed E-state index contributed by atoms with van der Waals surface area (Å²) < 4.78 is 0. The average molecular weight is 241 g/mol. The number of nitrogens with zero attached hydrogens (tertiary/aromatic N) is 1. The van der Waals surface area contributed by atoms with E-state index in [0.29, 0.717) is 24.8 Å². The summed E-state index contributed by atoms with van der Waals surface area (Å²) in [6, 6.07) is 0. The van der Waals surface area contributed by atoms with E-state index in [-0.39, 0.29) is 11.8 Å². The molecule has 3 heteroatoms. The molecule has 0 aromatic carbocycles. The van der Waals surface area contributed by atoms with Crippen molar-refractivity contribution in [3.63, 3.8) is 0 Å². The number of β-amino-alcohol motifs (C(OH)–C–C–N with tert-alkyl or cyclic N) is 1. The molecule has 0 aromatic rings. The van der Waals surface area contributed by atoms with E-state index in [0.717, 1.165) is 19.4 Å². The lowest BCUT2D eigenvalue weighted by Crippen LogP contribution is -2.39. The van der Waals surface area contributed by atoms with Crippen LogP contribution >= 0.6 is 0 Å². The topological polar surface area (TPSA) is 40.5 Å². The van der Waals surface area contributed by atoms with Crippen molar-refractivity contribution in [1.82, 2.24) is 4.90 Å². The molecular weight excluding hydrogens is 214 g/mol. The number of aliphatic hydroxyl groups is 1. The van der Waals surface area contributed by atoms with Crippen LogP contribution in [-0.2, 0) is 4.79 Å². The molecule has 1 amide bonds. The number of carbonyl (C=O) groups is 1. The normalized spacial score (nSPS) is 24.3. The van der Waals surface area contributed by atoms with Gasteiger partial charge in [0.25, 0.3) is 0 Å². The smallest absolute Gasteiger partial charge is 0.222 e. The molecule has 0 bridgehead atoms. The Morgan fingerprint density at radius 1 is 1.29 bits per heavy atom. The standard InChI is InChI=1S/C14H27NO2/c1-10(2)12-5-6-14(17)15(8-7-12)9-13(16)11(3)4/h10-13,16H,5-9H2,1-4H3. The monoisotopic (exact) mass is 241 g/mol. The van der Waals surface area contributed by atoms with Crippen LogP contribution < -0.4 is 0 Å². The summed E-state index contributed by atoms with van der Waals surface area (Å²) in [6.45, 7) is 9.75. The van der Waals surface area contributed by atoms with Gasteiger partial charge in [0.2, 0.25) is 5.91 Å². The molecule has 1 aliphatic heterocycles. The Balaban J connectivity index is 2.53. The Morgan fingerprint density at radius 2 is 1.94 bits per heavy atom. The summed E-state index contributed by atoms with van der Waals surface area (Å²) in [5, 5.41) is 9.87. The molecule has 1 saturated heterocycles. The van der Waals surface area contributed by atoms with Gasteiger partial charge in [-0.25, -0.2) is 0 Å². The molecule has 1 N–H and O–H groups in total. The Hall–Kier alpha value is -0.570. The van der Waals surface area contributed by atoms with Crippen LogP contribution in [0.2, 0.25) is 0 Å². The minimum absolute atomic E-state index is 0.215. The van der Waals surface area contributed by atoms with Crippen molar-refractivity contribution in [2.24, 2.45) is 17.8 Å². The Labute approximate surface area is 105 Å². The van der Waals surface area contributed by atoms with Crippen molar-refractivity contribution in [2.75, 3.05) is 13.1 Å². The van der Waals surface area contributed by atoms with Gasteiger partial charge in [-0.05, 0) is 30.6 Å². The van der Waals surface area contributed by atoms with Crippen molar-refractivity contribution in [3.8, 4) is 0 Å². The Kier molecular flexibility index (Phi) is 5.44. The van der Waals surface area contributed by atoms with E-state index >= 15 is 0 Å². The summed E-state index contributed by atoms with van der Waals surface area (Å²) in [4.78, 5) is 13.8. The molecule has 0 aromatic heterocycles. The number of amides is 1. The summed E-state index contributed by atoms with van der Waals surface area (Å²) in [5.74, 6) is 1.73. The molecule has 100 valence electrons. The maximum Gasteiger partial charge on any atom is 0.222 e. The largest absolute Gasteiger partial charge is 0.391 e. The van der Waals surface area contributed by atoms with Gasteiger partial charge in [0.15, 0.2) is 0 Å². The third kappa shape index (κ3) is 4.30. The van der Waals surface area contributed by atoms with E-state index in [9.17, 15) is 9.90 Å². The predicted molar refractivity (Wildman–Crippen MR) is 69.6 cm³/mol. The summed E-state index contributed by atoms with van der Waals surface area (Å²) in [6.07, 6.45) is 2.33. The van der Waals surface area contributed by atoms with Crippen molar-refractivity contribution < 1.29 is 9.90 Å². The molecule has 17 heavy (non-hydrogen) atoms. The summed E-state index contributed by atoms with van der Waals surface area (Å²) in [7, 11) is 0. The van der Waals surface area contributed by atoms with Crippen molar-refractivity contribution in [3.05, 3.63) is 0 Å². The minimum atomic E-state index is -0.394. The third-order valence-corrected chi connectivity index (χ3v) is 3.97. The molecule has 0 aliphatic carbocycles. The maximum atomic E-state index is 12.0. The lowest BCUT2D eigenvalue weighted by Gasteiger charge is -2.26. The van der Waals surface area contributed by atoms with Crippen molar-refractivity contribution >= 4 is 5.91 Å². The van der Waals surface area contributed by atoms with Crippen LogP contribution in [0.3, 0.4) is 0 Å². The zero-order valence-electron chi connectivity index (χ0n) is 11.6. The lowest BCUT2D eigenvalue weighted by molar-refractivity contribution is -0.132. The van der Waals surface area contributed by atoms with Gasteiger partial charge in [-0.15, -0.1) is 0 Å². The second-order valence-corrected chi connectivity index (χ2v) is 5.98. The lowest BCUT2D eigenvalue weighted by atomic mass is 9.89. The fourth-order valence-electron chi connectivity index (χ4n) is 2.35. The van der Waals surface area contributed by atoms with Crippen LogP contribution in [0.25, 0.3) is 0 Å². The summed E-state index contributed by atoms with van der Waals surface area (Å²) in [5.41, 5.74) is 0. The number of aliphatic hydroxyl groups excluding tert-OH is 1. The number of rotatable bonds is 4. The van der Waals surface area contributed by atoms with Crippen LogP contribution in [0.4, 0.5) is 0 Å². The number of likely N-dealkylation sites (tertiary alicyclic amines) is 1. The molecule has 3 nitrogen and oxygen atoms in total. The average Bonchev–Trinajstić information content (AvgIpc) is 2.42. The van der Waals surface area contributed by atoms with Gasteiger partial charge in [-0.1, -0.05) is 27.7 Å². The van der Waals surface area contributed by atoms with Crippen LogP contribution in [0.15, 0.2) is 0 Å². The zero-order valence-corrected chi connectivity index (χ0v) is 11.6. The van der Waals surface area contributed by atoms with Crippen LogP contribution in [-0.4, -0.2) is 35.1 Å².